The van der Waals surface area contributed by atoms with E-state index in [0.29, 0.717) is 17.9 Å². The zero-order valence-electron chi connectivity index (χ0n) is 17.6. The summed E-state index contributed by atoms with van der Waals surface area (Å²) >= 11 is 0. The Morgan fingerprint density at radius 2 is 1.59 bits per heavy atom. The molecular weight excluding hydrogens is 366 g/mol. The highest BCUT2D eigenvalue weighted by Crippen LogP contribution is 2.17. The number of rotatable bonds is 11. The lowest BCUT2D eigenvalue weighted by Gasteiger charge is -2.14. The van der Waals surface area contributed by atoms with E-state index in [1.54, 1.807) is 31.2 Å². The van der Waals surface area contributed by atoms with Gasteiger partial charge in [0.25, 0.3) is 5.91 Å². The molecule has 29 heavy (non-hydrogen) atoms. The van der Waals surface area contributed by atoms with E-state index in [9.17, 15) is 9.59 Å². The minimum Gasteiger partial charge on any atom is -0.479 e. The largest absolute Gasteiger partial charge is 0.479 e. The molecule has 0 saturated heterocycles. The van der Waals surface area contributed by atoms with Crippen molar-refractivity contribution in [3.8, 4) is 5.75 Å². The summed E-state index contributed by atoms with van der Waals surface area (Å²) in [5.74, 6) is -0.0608. The van der Waals surface area contributed by atoms with E-state index >= 15 is 0 Å². The maximum absolute atomic E-state index is 12.4. The summed E-state index contributed by atoms with van der Waals surface area (Å²) in [6, 6.07) is 14.6. The van der Waals surface area contributed by atoms with Crippen LogP contribution in [0.5, 0.6) is 5.75 Å². The van der Waals surface area contributed by atoms with Gasteiger partial charge in [0.15, 0.2) is 6.10 Å². The van der Waals surface area contributed by atoms with Gasteiger partial charge in [-0.05, 0) is 68.1 Å². The third-order valence-corrected chi connectivity index (χ3v) is 4.53. The second kappa shape index (κ2) is 11.9. The van der Waals surface area contributed by atoms with E-state index in [1.165, 1.54) is 5.56 Å². The van der Waals surface area contributed by atoms with Gasteiger partial charge >= 0.3 is 5.97 Å². The molecule has 5 nitrogen and oxygen atoms in total. The van der Waals surface area contributed by atoms with Crippen LogP contribution in [0.1, 0.15) is 62.4 Å². The van der Waals surface area contributed by atoms with Crippen molar-refractivity contribution in [2.75, 3.05) is 11.9 Å². The average Bonchev–Trinajstić information content (AvgIpc) is 2.73. The molecule has 1 N–H and O–H groups in total. The van der Waals surface area contributed by atoms with Crippen LogP contribution in [-0.4, -0.2) is 24.6 Å². The van der Waals surface area contributed by atoms with Crippen LogP contribution in [0.15, 0.2) is 48.5 Å². The zero-order valence-corrected chi connectivity index (χ0v) is 17.6. The first-order chi connectivity index (χ1) is 14.0. The van der Waals surface area contributed by atoms with Gasteiger partial charge in [0.1, 0.15) is 5.75 Å². The first-order valence-electron chi connectivity index (χ1n) is 10.4. The molecular formula is C24H31NO4. The summed E-state index contributed by atoms with van der Waals surface area (Å²) in [4.78, 5) is 24.3. The highest BCUT2D eigenvalue weighted by Gasteiger charge is 2.16. The predicted octanol–water partition coefficient (Wildman–Crippen LogP) is 5.39. The Hall–Kier alpha value is -2.82. The fraction of sp³-hybridized carbons (Fsp3) is 0.417. The minimum absolute atomic E-state index is 0.190. The third-order valence-electron chi connectivity index (χ3n) is 4.53. The van der Waals surface area contributed by atoms with Crippen LogP contribution < -0.4 is 10.1 Å². The van der Waals surface area contributed by atoms with E-state index in [4.69, 9.17) is 9.47 Å². The van der Waals surface area contributed by atoms with Gasteiger partial charge in [-0.25, -0.2) is 4.79 Å². The molecule has 0 fully saturated rings. The number of aryl methyl sites for hydroxylation is 1. The molecule has 2 aromatic rings. The molecule has 0 radical (unpaired) electrons. The standard InChI is InChI=1S/C24H31NO4/c1-4-6-8-19-9-13-21(14-10-19)25-23(26)20-11-15-22(16-12-20)29-18(3)24(27)28-17-7-5-2/h9-16,18H,4-8,17H2,1-3H3,(H,25,26)/t18-/m0/s1. The molecule has 5 heteroatoms. The lowest BCUT2D eigenvalue weighted by Crippen LogP contribution is -2.26. The fourth-order valence-electron chi connectivity index (χ4n) is 2.71. The van der Waals surface area contributed by atoms with Crippen molar-refractivity contribution in [1.29, 1.82) is 0 Å². The second-order valence-corrected chi connectivity index (χ2v) is 7.06. The number of esters is 1. The highest BCUT2D eigenvalue weighted by molar-refractivity contribution is 6.04. The van der Waals surface area contributed by atoms with Gasteiger partial charge in [0.2, 0.25) is 0 Å². The van der Waals surface area contributed by atoms with E-state index in [-0.39, 0.29) is 11.9 Å². The summed E-state index contributed by atoms with van der Waals surface area (Å²) in [6.07, 6.45) is 4.49. The van der Waals surface area contributed by atoms with Crippen molar-refractivity contribution in [2.45, 2.75) is 59.0 Å². The molecule has 0 aliphatic carbocycles. The van der Waals surface area contributed by atoms with Gasteiger partial charge in [0.05, 0.1) is 6.61 Å². The molecule has 0 bridgehead atoms. The van der Waals surface area contributed by atoms with Crippen molar-refractivity contribution < 1.29 is 19.1 Å². The van der Waals surface area contributed by atoms with Crippen molar-refractivity contribution >= 4 is 17.6 Å². The first-order valence-corrected chi connectivity index (χ1v) is 10.4. The number of hydrogen-bond donors (Lipinski definition) is 1. The van der Waals surface area contributed by atoms with Gasteiger partial charge in [-0.15, -0.1) is 0 Å². The summed E-state index contributed by atoms with van der Waals surface area (Å²) in [6.45, 7) is 6.26. The molecule has 0 spiro atoms. The SMILES string of the molecule is CCCCOC(=O)[C@H](C)Oc1ccc(C(=O)Nc2ccc(CCCC)cc2)cc1. The number of anilines is 1. The number of amides is 1. The van der Waals surface area contributed by atoms with Gasteiger partial charge in [0, 0.05) is 11.3 Å². The molecule has 0 heterocycles. The van der Waals surface area contributed by atoms with E-state index < -0.39 is 6.10 Å². The lowest BCUT2D eigenvalue weighted by molar-refractivity contribution is -0.151. The molecule has 2 rings (SSSR count). The zero-order chi connectivity index (χ0) is 21.1. The fourth-order valence-corrected chi connectivity index (χ4v) is 2.71. The lowest BCUT2D eigenvalue weighted by atomic mass is 10.1. The Kier molecular flexibility index (Phi) is 9.22. The molecule has 0 saturated carbocycles. The Balaban J connectivity index is 1.87. The Morgan fingerprint density at radius 3 is 2.21 bits per heavy atom. The van der Waals surface area contributed by atoms with E-state index in [0.717, 1.165) is 37.8 Å². The number of nitrogens with one attached hydrogen (secondary N) is 1. The van der Waals surface area contributed by atoms with Crippen LogP contribution >= 0.6 is 0 Å². The molecule has 156 valence electrons. The molecule has 1 amide bonds. The minimum atomic E-state index is -0.697. The van der Waals surface area contributed by atoms with Crippen LogP contribution in [0.3, 0.4) is 0 Å². The Morgan fingerprint density at radius 1 is 0.931 bits per heavy atom. The molecule has 0 aliphatic rings. The molecule has 0 aliphatic heterocycles. The molecule has 0 aromatic heterocycles. The van der Waals surface area contributed by atoms with Crippen LogP contribution in [0, 0.1) is 0 Å². The normalized spacial score (nSPS) is 11.6. The first kappa shape index (κ1) is 22.5. The number of carbonyl (C=O) groups is 2. The number of ether oxygens (including phenoxy) is 2. The van der Waals surface area contributed by atoms with Crippen molar-refractivity contribution in [3.05, 3.63) is 59.7 Å². The number of benzene rings is 2. The van der Waals surface area contributed by atoms with Crippen LogP contribution in [-0.2, 0) is 16.0 Å². The monoisotopic (exact) mass is 397 g/mol. The van der Waals surface area contributed by atoms with Crippen LogP contribution in [0.25, 0.3) is 0 Å². The van der Waals surface area contributed by atoms with Crippen molar-refractivity contribution in [2.24, 2.45) is 0 Å². The predicted molar refractivity (Wildman–Crippen MR) is 115 cm³/mol. The van der Waals surface area contributed by atoms with Gasteiger partial charge in [-0.2, -0.15) is 0 Å². The number of carbonyl (C=O) groups excluding carboxylic acids is 2. The van der Waals surface area contributed by atoms with Crippen LogP contribution in [0.4, 0.5) is 5.69 Å². The van der Waals surface area contributed by atoms with Crippen molar-refractivity contribution in [3.63, 3.8) is 0 Å². The highest BCUT2D eigenvalue weighted by atomic mass is 16.6. The number of hydrogen-bond acceptors (Lipinski definition) is 4. The maximum atomic E-state index is 12.4. The Bertz CT molecular complexity index is 768. The average molecular weight is 398 g/mol. The third kappa shape index (κ3) is 7.60. The molecule has 2 aromatic carbocycles. The Labute approximate surface area is 173 Å². The molecule has 0 unspecified atom stereocenters. The van der Waals surface area contributed by atoms with E-state index in [1.807, 2.05) is 31.2 Å². The van der Waals surface area contributed by atoms with Gasteiger partial charge in [-0.3, -0.25) is 4.79 Å². The van der Waals surface area contributed by atoms with Crippen LogP contribution in [0.2, 0.25) is 0 Å². The summed E-state index contributed by atoms with van der Waals surface area (Å²) < 4.78 is 10.7. The smallest absolute Gasteiger partial charge is 0.347 e. The topological polar surface area (TPSA) is 64.6 Å². The quantitative estimate of drug-likeness (QED) is 0.408. The maximum Gasteiger partial charge on any atom is 0.347 e. The van der Waals surface area contributed by atoms with Crippen molar-refractivity contribution in [1.82, 2.24) is 0 Å². The summed E-state index contributed by atoms with van der Waals surface area (Å²) in [5.41, 5.74) is 2.55. The van der Waals surface area contributed by atoms with E-state index in [2.05, 4.69) is 12.2 Å². The second-order valence-electron chi connectivity index (χ2n) is 7.06. The van der Waals surface area contributed by atoms with Gasteiger partial charge in [-0.1, -0.05) is 38.8 Å². The summed E-state index contributed by atoms with van der Waals surface area (Å²) in [7, 11) is 0. The number of unbranched alkanes of at least 4 members (excludes halogenated alkanes) is 2. The molecule has 1 atom stereocenters. The van der Waals surface area contributed by atoms with Gasteiger partial charge < -0.3 is 14.8 Å². The summed E-state index contributed by atoms with van der Waals surface area (Å²) in [5, 5.41) is 2.89.